The van der Waals surface area contributed by atoms with Crippen LogP contribution in [0.4, 0.5) is 17.1 Å². The van der Waals surface area contributed by atoms with Crippen molar-refractivity contribution in [3.8, 4) is 0 Å². The summed E-state index contributed by atoms with van der Waals surface area (Å²) in [7, 11) is 0. The molecule has 1 unspecified atom stereocenters. The Hall–Kier alpha value is -2.12. The summed E-state index contributed by atoms with van der Waals surface area (Å²) in [4.78, 5) is 11.7. The van der Waals surface area contributed by atoms with Crippen LogP contribution in [0.3, 0.4) is 0 Å². The molecule has 1 aromatic carbocycles. The van der Waals surface area contributed by atoms with Crippen LogP contribution in [-0.2, 0) is 0 Å². The summed E-state index contributed by atoms with van der Waals surface area (Å²) in [6.45, 7) is 2.07. The molecular formula is C13H16N4O2S. The minimum atomic E-state index is -0.432. The van der Waals surface area contributed by atoms with E-state index in [1.807, 2.05) is 17.5 Å². The first kappa shape index (κ1) is 14.3. The Morgan fingerprint density at radius 3 is 2.70 bits per heavy atom. The Kier molecular flexibility index (Phi) is 4.54. The van der Waals surface area contributed by atoms with Gasteiger partial charge in [0.25, 0.3) is 5.69 Å². The molecule has 20 heavy (non-hydrogen) atoms. The van der Waals surface area contributed by atoms with Crippen LogP contribution in [0.2, 0.25) is 0 Å². The number of hydrogen-bond donors (Lipinski definition) is 3. The zero-order valence-corrected chi connectivity index (χ0v) is 11.8. The van der Waals surface area contributed by atoms with E-state index in [0.717, 1.165) is 6.42 Å². The largest absolute Gasteiger partial charge is 0.377 e. The molecule has 0 fully saturated rings. The molecule has 1 aromatic heterocycles. The number of hydrazine groups is 1. The third-order valence-corrected chi connectivity index (χ3v) is 3.92. The van der Waals surface area contributed by atoms with Crippen molar-refractivity contribution in [3.05, 3.63) is 50.7 Å². The molecule has 1 atom stereocenters. The molecule has 1 heterocycles. The van der Waals surface area contributed by atoms with Gasteiger partial charge in [-0.3, -0.25) is 16.0 Å². The molecular weight excluding hydrogens is 276 g/mol. The number of hydrogen-bond acceptors (Lipinski definition) is 6. The zero-order chi connectivity index (χ0) is 14.5. The second kappa shape index (κ2) is 6.36. The monoisotopic (exact) mass is 292 g/mol. The normalized spacial score (nSPS) is 11.9. The molecule has 0 aliphatic rings. The standard InChI is InChI=1S/C13H16N4O2S/c1-2-12(13-4-3-5-20-13)15-9-6-10(16-14)8-11(7-9)17(18)19/h3-8,12,15-16H,2,14H2,1H3. The first-order valence-corrected chi connectivity index (χ1v) is 7.08. The highest BCUT2D eigenvalue weighted by molar-refractivity contribution is 7.10. The van der Waals surface area contributed by atoms with E-state index in [2.05, 4.69) is 17.7 Å². The molecule has 6 nitrogen and oxygen atoms in total. The van der Waals surface area contributed by atoms with E-state index in [9.17, 15) is 10.1 Å². The van der Waals surface area contributed by atoms with Crippen molar-refractivity contribution in [1.29, 1.82) is 0 Å². The fourth-order valence-corrected chi connectivity index (χ4v) is 2.81. The average Bonchev–Trinajstić information content (AvgIpc) is 2.98. The maximum Gasteiger partial charge on any atom is 0.273 e. The van der Waals surface area contributed by atoms with Gasteiger partial charge in [-0.2, -0.15) is 0 Å². The van der Waals surface area contributed by atoms with E-state index in [4.69, 9.17) is 5.84 Å². The van der Waals surface area contributed by atoms with Crippen LogP contribution in [0.15, 0.2) is 35.7 Å². The number of non-ortho nitro benzene ring substituents is 1. The van der Waals surface area contributed by atoms with Crippen LogP contribution in [-0.4, -0.2) is 4.92 Å². The van der Waals surface area contributed by atoms with Crippen molar-refractivity contribution in [2.24, 2.45) is 5.84 Å². The number of nitro groups is 1. The second-order valence-electron chi connectivity index (χ2n) is 4.29. The van der Waals surface area contributed by atoms with Crippen LogP contribution in [0.1, 0.15) is 24.3 Å². The minimum absolute atomic E-state index is 0.00369. The number of nitro benzene ring substituents is 1. The SMILES string of the molecule is CCC(Nc1cc(NN)cc([N+](=O)[O-])c1)c1cccs1. The Bertz CT molecular complexity index is 586. The van der Waals surface area contributed by atoms with Crippen molar-refractivity contribution in [1.82, 2.24) is 0 Å². The van der Waals surface area contributed by atoms with E-state index in [1.165, 1.54) is 17.0 Å². The fourth-order valence-electron chi connectivity index (χ4n) is 1.95. The van der Waals surface area contributed by atoms with Gasteiger partial charge in [0.1, 0.15) is 0 Å². The predicted molar refractivity (Wildman–Crippen MR) is 81.9 cm³/mol. The van der Waals surface area contributed by atoms with Gasteiger partial charge < -0.3 is 10.7 Å². The molecule has 0 spiro atoms. The number of benzene rings is 1. The molecule has 106 valence electrons. The number of nitrogens with zero attached hydrogens (tertiary/aromatic N) is 1. The number of nitrogens with two attached hydrogens (primary N) is 1. The summed E-state index contributed by atoms with van der Waals surface area (Å²) in [5, 5.41) is 16.2. The third kappa shape index (κ3) is 3.25. The van der Waals surface area contributed by atoms with Crippen molar-refractivity contribution in [2.45, 2.75) is 19.4 Å². The van der Waals surface area contributed by atoms with E-state index >= 15 is 0 Å². The molecule has 0 bridgehead atoms. The number of nitrogen functional groups attached to an aromatic ring is 1. The van der Waals surface area contributed by atoms with Gasteiger partial charge in [-0.15, -0.1) is 11.3 Å². The van der Waals surface area contributed by atoms with Gasteiger partial charge in [0.2, 0.25) is 0 Å². The van der Waals surface area contributed by atoms with Gasteiger partial charge in [-0.05, 0) is 23.9 Å². The smallest absolute Gasteiger partial charge is 0.273 e. The molecule has 0 saturated heterocycles. The highest BCUT2D eigenvalue weighted by Crippen LogP contribution is 2.30. The summed E-state index contributed by atoms with van der Waals surface area (Å²) < 4.78 is 0. The minimum Gasteiger partial charge on any atom is -0.377 e. The lowest BCUT2D eigenvalue weighted by molar-refractivity contribution is -0.384. The highest BCUT2D eigenvalue weighted by Gasteiger charge is 2.14. The molecule has 0 aliphatic heterocycles. The molecule has 0 amide bonds. The zero-order valence-electron chi connectivity index (χ0n) is 11.0. The molecule has 0 radical (unpaired) electrons. The Morgan fingerprint density at radius 2 is 2.15 bits per heavy atom. The van der Waals surface area contributed by atoms with Crippen LogP contribution in [0, 0.1) is 10.1 Å². The van der Waals surface area contributed by atoms with Crippen LogP contribution < -0.4 is 16.6 Å². The first-order valence-electron chi connectivity index (χ1n) is 6.20. The molecule has 7 heteroatoms. The Balaban J connectivity index is 2.27. The first-order chi connectivity index (χ1) is 9.63. The van der Waals surface area contributed by atoms with E-state index in [0.29, 0.717) is 11.4 Å². The number of rotatable bonds is 6. The molecule has 4 N–H and O–H groups in total. The lowest BCUT2D eigenvalue weighted by Gasteiger charge is -2.17. The predicted octanol–water partition coefficient (Wildman–Crippen LogP) is 3.51. The van der Waals surface area contributed by atoms with Crippen molar-refractivity contribution in [3.63, 3.8) is 0 Å². The Morgan fingerprint density at radius 1 is 1.40 bits per heavy atom. The van der Waals surface area contributed by atoms with Crippen molar-refractivity contribution < 1.29 is 4.92 Å². The van der Waals surface area contributed by atoms with Crippen LogP contribution in [0.5, 0.6) is 0 Å². The van der Waals surface area contributed by atoms with Crippen LogP contribution in [0.25, 0.3) is 0 Å². The lowest BCUT2D eigenvalue weighted by atomic mass is 10.1. The number of anilines is 2. The second-order valence-corrected chi connectivity index (χ2v) is 5.27. The van der Waals surface area contributed by atoms with E-state index in [1.54, 1.807) is 17.4 Å². The summed E-state index contributed by atoms with van der Waals surface area (Å²) in [5.41, 5.74) is 3.63. The van der Waals surface area contributed by atoms with Gasteiger partial charge in [0.15, 0.2) is 0 Å². The average molecular weight is 292 g/mol. The van der Waals surface area contributed by atoms with Gasteiger partial charge in [0, 0.05) is 22.7 Å². The van der Waals surface area contributed by atoms with Gasteiger partial charge in [-0.1, -0.05) is 13.0 Å². The van der Waals surface area contributed by atoms with Gasteiger partial charge in [-0.25, -0.2) is 0 Å². The number of thiophene rings is 1. The topological polar surface area (TPSA) is 93.2 Å². The van der Waals surface area contributed by atoms with E-state index in [-0.39, 0.29) is 11.7 Å². The molecule has 2 rings (SSSR count). The fraction of sp³-hybridized carbons (Fsp3) is 0.231. The van der Waals surface area contributed by atoms with Crippen LogP contribution >= 0.6 is 11.3 Å². The maximum atomic E-state index is 10.9. The highest BCUT2D eigenvalue weighted by atomic mass is 32.1. The number of nitrogens with one attached hydrogen (secondary N) is 2. The lowest BCUT2D eigenvalue weighted by Crippen LogP contribution is -2.11. The van der Waals surface area contributed by atoms with Crippen molar-refractivity contribution in [2.75, 3.05) is 10.7 Å². The molecule has 0 aliphatic carbocycles. The molecule has 0 saturated carbocycles. The third-order valence-electron chi connectivity index (χ3n) is 2.93. The summed E-state index contributed by atoms with van der Waals surface area (Å²) in [6.07, 6.45) is 0.884. The summed E-state index contributed by atoms with van der Waals surface area (Å²) in [6, 6.07) is 8.83. The summed E-state index contributed by atoms with van der Waals surface area (Å²) >= 11 is 1.66. The van der Waals surface area contributed by atoms with Crippen molar-refractivity contribution >= 4 is 28.4 Å². The molecule has 2 aromatic rings. The summed E-state index contributed by atoms with van der Waals surface area (Å²) in [5.74, 6) is 5.35. The van der Waals surface area contributed by atoms with Gasteiger partial charge in [0.05, 0.1) is 16.7 Å². The quantitative estimate of drug-likeness (QED) is 0.430. The van der Waals surface area contributed by atoms with Gasteiger partial charge >= 0.3 is 0 Å². The van der Waals surface area contributed by atoms with E-state index < -0.39 is 4.92 Å². The Labute approximate surface area is 120 Å². The maximum absolute atomic E-state index is 10.9.